The van der Waals surface area contributed by atoms with Crippen molar-refractivity contribution < 1.29 is 4.79 Å². The number of nitrogens with two attached hydrogens (primary N) is 3. The van der Waals surface area contributed by atoms with Gasteiger partial charge in [0, 0.05) is 49.1 Å². The zero-order valence-electron chi connectivity index (χ0n) is 19.5. The van der Waals surface area contributed by atoms with Gasteiger partial charge in [-0.1, -0.05) is 12.1 Å². The van der Waals surface area contributed by atoms with Gasteiger partial charge in [0.15, 0.2) is 5.65 Å². The average Bonchev–Trinajstić information content (AvgIpc) is 3.48. The normalized spacial score (nSPS) is 21.9. The van der Waals surface area contributed by atoms with E-state index in [4.69, 9.17) is 27.4 Å². The molecule has 10 nitrogen and oxygen atoms in total. The molecule has 10 heteroatoms. The Hall–Kier alpha value is -3.05. The summed E-state index contributed by atoms with van der Waals surface area (Å²) in [6.45, 7) is 4.49. The van der Waals surface area contributed by atoms with Crippen molar-refractivity contribution in [3.8, 4) is 0 Å². The molecule has 2 aliphatic rings. The van der Waals surface area contributed by atoms with Crippen LogP contribution in [0.25, 0.3) is 5.65 Å². The molecule has 34 heavy (non-hydrogen) atoms. The fraction of sp³-hybridized carbons (Fsp3) is 0.458. The first-order chi connectivity index (χ1) is 16.4. The van der Waals surface area contributed by atoms with Gasteiger partial charge in [0.25, 0.3) is 5.91 Å². The van der Waals surface area contributed by atoms with Crippen molar-refractivity contribution >= 4 is 17.4 Å². The number of likely N-dealkylation sites (tertiary alicyclic amines) is 1. The molecule has 1 aromatic carbocycles. The van der Waals surface area contributed by atoms with Gasteiger partial charge >= 0.3 is 0 Å². The number of aryl methyl sites for hydroxylation is 1. The lowest BCUT2D eigenvalue weighted by atomic mass is 9.98. The van der Waals surface area contributed by atoms with Crippen molar-refractivity contribution in [3.63, 3.8) is 0 Å². The first-order valence-corrected chi connectivity index (χ1v) is 11.9. The molecule has 0 spiro atoms. The number of amides is 1. The van der Waals surface area contributed by atoms with E-state index in [2.05, 4.69) is 17.2 Å². The quantitative estimate of drug-likeness (QED) is 0.252. The number of rotatable bonds is 5. The summed E-state index contributed by atoms with van der Waals surface area (Å²) in [5, 5.41) is 4.83. The van der Waals surface area contributed by atoms with E-state index < -0.39 is 6.17 Å². The van der Waals surface area contributed by atoms with Gasteiger partial charge in [-0.3, -0.25) is 10.6 Å². The van der Waals surface area contributed by atoms with Crippen LogP contribution in [-0.2, 0) is 0 Å². The molecule has 180 valence electrons. The molecule has 0 bridgehead atoms. The van der Waals surface area contributed by atoms with E-state index in [1.807, 2.05) is 45.9 Å². The summed E-state index contributed by atoms with van der Waals surface area (Å²) in [7, 11) is 0. The van der Waals surface area contributed by atoms with Crippen LogP contribution in [0.15, 0.2) is 36.5 Å². The Morgan fingerprint density at radius 2 is 1.97 bits per heavy atom. The van der Waals surface area contributed by atoms with Gasteiger partial charge in [-0.05, 0) is 50.3 Å². The van der Waals surface area contributed by atoms with Crippen LogP contribution >= 0.6 is 0 Å². The summed E-state index contributed by atoms with van der Waals surface area (Å²) in [5.41, 5.74) is 18.7. The number of hydrogen-bond acceptors (Lipinski definition) is 8. The van der Waals surface area contributed by atoms with Crippen molar-refractivity contribution in [2.75, 3.05) is 24.5 Å². The predicted octanol–water partition coefficient (Wildman–Crippen LogP) is 1.36. The third kappa shape index (κ3) is 4.25. The number of aromatic nitrogens is 3. The van der Waals surface area contributed by atoms with Gasteiger partial charge in [-0.25, -0.2) is 14.9 Å². The minimum Gasteiger partial charge on any atom is -0.355 e. The number of nitrogens with one attached hydrogen (secondary N) is 1. The fourth-order valence-corrected chi connectivity index (χ4v) is 5.06. The highest BCUT2D eigenvalue weighted by Gasteiger charge is 2.31. The van der Waals surface area contributed by atoms with Crippen LogP contribution in [0.1, 0.15) is 65.1 Å². The zero-order valence-corrected chi connectivity index (χ0v) is 19.5. The van der Waals surface area contributed by atoms with Crippen molar-refractivity contribution in [1.82, 2.24) is 24.9 Å². The molecule has 2 aliphatic heterocycles. The highest BCUT2D eigenvalue weighted by Crippen LogP contribution is 2.33. The Bertz CT molecular complexity index is 1180. The van der Waals surface area contributed by atoms with Crippen LogP contribution in [0.5, 0.6) is 0 Å². The van der Waals surface area contributed by atoms with Crippen LogP contribution in [0.2, 0.25) is 0 Å². The number of piperidine rings is 1. The van der Waals surface area contributed by atoms with E-state index in [0.29, 0.717) is 12.1 Å². The molecule has 0 saturated carbocycles. The number of anilines is 1. The summed E-state index contributed by atoms with van der Waals surface area (Å²) in [6, 6.07) is 9.41. The fourth-order valence-electron chi connectivity index (χ4n) is 5.06. The summed E-state index contributed by atoms with van der Waals surface area (Å²) in [5.74, 6) is 6.39. The van der Waals surface area contributed by atoms with E-state index in [-0.39, 0.29) is 18.0 Å². The van der Waals surface area contributed by atoms with Crippen LogP contribution in [0.4, 0.5) is 5.82 Å². The number of carbonyl (C=O) groups excluding carboxylic acids is 1. The Morgan fingerprint density at radius 3 is 2.68 bits per heavy atom. The molecule has 7 N–H and O–H groups in total. The number of hydrazine groups is 1. The van der Waals surface area contributed by atoms with Crippen LogP contribution < -0.4 is 27.6 Å². The maximum absolute atomic E-state index is 13.4. The maximum Gasteiger partial charge on any atom is 0.254 e. The van der Waals surface area contributed by atoms with Crippen LogP contribution in [-0.4, -0.2) is 51.1 Å². The van der Waals surface area contributed by atoms with E-state index in [1.54, 1.807) is 0 Å². The second-order valence-corrected chi connectivity index (χ2v) is 9.39. The third-order valence-corrected chi connectivity index (χ3v) is 6.95. The number of nitrogens with zero attached hydrogens (tertiary/aromatic N) is 5. The first kappa shape index (κ1) is 22.7. The predicted molar refractivity (Wildman–Crippen MR) is 131 cm³/mol. The van der Waals surface area contributed by atoms with Crippen LogP contribution in [0.3, 0.4) is 0 Å². The van der Waals surface area contributed by atoms with Gasteiger partial charge < -0.3 is 21.3 Å². The molecule has 5 rings (SSSR count). The van der Waals surface area contributed by atoms with Crippen molar-refractivity contribution in [2.24, 2.45) is 17.3 Å². The topological polar surface area (TPSA) is 144 Å². The lowest BCUT2D eigenvalue weighted by molar-refractivity contribution is 0.0605. The summed E-state index contributed by atoms with van der Waals surface area (Å²) < 4.78 is 1.83. The molecule has 3 aromatic rings. The molecule has 2 fully saturated rings. The summed E-state index contributed by atoms with van der Waals surface area (Å²) >= 11 is 0. The standard InChI is InChI=1S/C24H33N9O/c1-15-13-33-21(28-23(15)31-11-9-18(25)14-31)12-19(30-33)20-4-2-3-10-32(20)24(34)17-7-5-16(6-8-17)22(26)29-27/h5-8,12-13,18,20,22,29H,2-4,9-11,14,25-27H2,1H3/t18-,20-,22?/m0/s1. The highest BCUT2D eigenvalue weighted by molar-refractivity contribution is 5.94. The molecule has 2 saturated heterocycles. The van der Waals surface area contributed by atoms with Crippen molar-refractivity contribution in [1.29, 1.82) is 0 Å². The third-order valence-electron chi connectivity index (χ3n) is 6.95. The second kappa shape index (κ2) is 9.30. The van der Waals surface area contributed by atoms with E-state index in [1.165, 1.54) is 0 Å². The monoisotopic (exact) mass is 463 g/mol. The van der Waals surface area contributed by atoms with E-state index in [0.717, 1.165) is 67.1 Å². The molecule has 0 radical (unpaired) electrons. The summed E-state index contributed by atoms with van der Waals surface area (Å²) in [4.78, 5) is 22.5. The molecule has 1 unspecified atom stereocenters. The molecule has 0 aliphatic carbocycles. The molecular weight excluding hydrogens is 430 g/mol. The molecule has 4 heterocycles. The average molecular weight is 464 g/mol. The number of hydrogen-bond donors (Lipinski definition) is 4. The minimum atomic E-state index is -0.470. The first-order valence-electron chi connectivity index (χ1n) is 11.9. The SMILES string of the molecule is Cc1cn2nc([C@@H]3CCCCN3C(=O)c3ccc(C(N)NN)cc3)cc2nc1N1CC[C@H](N)C1. The Labute approximate surface area is 199 Å². The Balaban J connectivity index is 1.42. The lowest BCUT2D eigenvalue weighted by Crippen LogP contribution is -2.38. The van der Waals surface area contributed by atoms with Gasteiger partial charge in [-0.15, -0.1) is 0 Å². The number of carbonyl (C=O) groups is 1. The minimum absolute atomic E-state index is 0.00142. The van der Waals surface area contributed by atoms with Gasteiger partial charge in [0.05, 0.1) is 17.9 Å². The Morgan fingerprint density at radius 1 is 1.18 bits per heavy atom. The largest absolute Gasteiger partial charge is 0.355 e. The number of benzene rings is 1. The van der Waals surface area contributed by atoms with Crippen LogP contribution in [0, 0.1) is 6.92 Å². The van der Waals surface area contributed by atoms with Gasteiger partial charge in [0.1, 0.15) is 5.82 Å². The molecule has 3 atom stereocenters. The maximum atomic E-state index is 13.4. The highest BCUT2D eigenvalue weighted by atomic mass is 16.2. The van der Waals surface area contributed by atoms with Crippen molar-refractivity contribution in [3.05, 3.63) is 58.9 Å². The smallest absolute Gasteiger partial charge is 0.254 e. The van der Waals surface area contributed by atoms with Gasteiger partial charge in [0.2, 0.25) is 0 Å². The lowest BCUT2D eigenvalue weighted by Gasteiger charge is -2.34. The molecular formula is C24H33N9O. The van der Waals surface area contributed by atoms with Gasteiger partial charge in [-0.2, -0.15) is 5.10 Å². The van der Waals surface area contributed by atoms with Crippen molar-refractivity contribution in [2.45, 2.75) is 50.9 Å². The molecule has 2 aromatic heterocycles. The van der Waals surface area contributed by atoms with E-state index >= 15 is 0 Å². The van der Waals surface area contributed by atoms with E-state index in [9.17, 15) is 4.79 Å². The Kier molecular flexibility index (Phi) is 6.22. The summed E-state index contributed by atoms with van der Waals surface area (Å²) in [6.07, 6.45) is 5.44. The second-order valence-electron chi connectivity index (χ2n) is 9.39. The number of fused-ring (bicyclic) bond motifs is 1. The molecule has 1 amide bonds. The zero-order chi connectivity index (χ0) is 23.8.